The summed E-state index contributed by atoms with van der Waals surface area (Å²) in [6.45, 7) is 9.26. The van der Waals surface area contributed by atoms with E-state index in [1.807, 2.05) is 17.9 Å². The summed E-state index contributed by atoms with van der Waals surface area (Å²) in [5.74, 6) is -0.0295. The quantitative estimate of drug-likeness (QED) is 0.854. The van der Waals surface area contributed by atoms with Crippen LogP contribution < -0.4 is 4.90 Å². The number of aryl methyl sites for hydroxylation is 2. The first kappa shape index (κ1) is 15.5. The van der Waals surface area contributed by atoms with Crippen LogP contribution in [0.25, 0.3) is 0 Å². The lowest BCUT2D eigenvalue weighted by Crippen LogP contribution is -2.49. The van der Waals surface area contributed by atoms with E-state index in [9.17, 15) is 4.79 Å². The zero-order chi connectivity index (χ0) is 16.4. The first-order valence-electron chi connectivity index (χ1n) is 7.97. The van der Waals surface area contributed by atoms with E-state index in [2.05, 4.69) is 47.1 Å². The second-order valence-corrected chi connectivity index (χ2v) is 6.06. The molecular formula is C18H22N4O. The van der Waals surface area contributed by atoms with E-state index in [1.165, 1.54) is 16.8 Å². The molecule has 1 fully saturated rings. The zero-order valence-electron chi connectivity index (χ0n) is 13.9. The van der Waals surface area contributed by atoms with Gasteiger partial charge in [0.15, 0.2) is 5.69 Å². The third-order valence-electron chi connectivity index (χ3n) is 4.50. The van der Waals surface area contributed by atoms with Gasteiger partial charge in [-0.25, -0.2) is 0 Å². The minimum Gasteiger partial charge on any atom is -0.368 e. The highest BCUT2D eigenvalue weighted by atomic mass is 16.2. The van der Waals surface area contributed by atoms with Crippen molar-refractivity contribution in [2.75, 3.05) is 31.1 Å². The lowest BCUT2D eigenvalue weighted by molar-refractivity contribution is 0.0739. The van der Waals surface area contributed by atoms with Gasteiger partial charge >= 0.3 is 0 Å². The standard InChI is InChI=1S/C18H22N4O/c1-13-5-4-6-17(15(13)3)21-9-11-22(12-10-21)18(23)16-8-7-14(2)19-20-16/h4-8H,9-12H2,1-3H3. The second-order valence-electron chi connectivity index (χ2n) is 6.06. The van der Waals surface area contributed by atoms with Gasteiger partial charge in [-0.3, -0.25) is 4.79 Å². The summed E-state index contributed by atoms with van der Waals surface area (Å²) in [6.07, 6.45) is 0. The highest BCUT2D eigenvalue weighted by Gasteiger charge is 2.24. The number of carbonyl (C=O) groups excluding carboxylic acids is 1. The fraction of sp³-hybridized carbons (Fsp3) is 0.389. The third kappa shape index (κ3) is 3.18. The van der Waals surface area contributed by atoms with Crippen LogP contribution in [0.2, 0.25) is 0 Å². The minimum atomic E-state index is -0.0295. The van der Waals surface area contributed by atoms with Crippen LogP contribution in [0.1, 0.15) is 27.3 Å². The molecule has 0 atom stereocenters. The molecule has 2 heterocycles. The molecule has 1 aliphatic rings. The van der Waals surface area contributed by atoms with Crippen molar-refractivity contribution in [3.63, 3.8) is 0 Å². The average molecular weight is 310 g/mol. The molecule has 1 saturated heterocycles. The van der Waals surface area contributed by atoms with Crippen molar-refractivity contribution in [3.05, 3.63) is 52.8 Å². The van der Waals surface area contributed by atoms with Crippen LogP contribution in [-0.2, 0) is 0 Å². The van der Waals surface area contributed by atoms with Gasteiger partial charge in [0.05, 0.1) is 5.69 Å². The molecule has 0 saturated carbocycles. The first-order valence-corrected chi connectivity index (χ1v) is 7.97. The highest BCUT2D eigenvalue weighted by molar-refractivity contribution is 5.92. The van der Waals surface area contributed by atoms with Crippen LogP contribution in [0.3, 0.4) is 0 Å². The summed E-state index contributed by atoms with van der Waals surface area (Å²) < 4.78 is 0. The molecule has 1 amide bonds. The predicted octanol–water partition coefficient (Wildman–Crippen LogP) is 2.36. The van der Waals surface area contributed by atoms with E-state index >= 15 is 0 Å². The van der Waals surface area contributed by atoms with Crippen LogP contribution >= 0.6 is 0 Å². The fourth-order valence-electron chi connectivity index (χ4n) is 2.90. The van der Waals surface area contributed by atoms with Gasteiger partial charge in [-0.2, -0.15) is 5.10 Å². The number of hydrogen-bond acceptors (Lipinski definition) is 4. The van der Waals surface area contributed by atoms with Gasteiger partial charge in [-0.15, -0.1) is 5.10 Å². The first-order chi connectivity index (χ1) is 11.1. The smallest absolute Gasteiger partial charge is 0.274 e. The fourth-order valence-corrected chi connectivity index (χ4v) is 2.90. The molecule has 23 heavy (non-hydrogen) atoms. The Bertz CT molecular complexity index is 703. The molecule has 0 N–H and O–H groups in total. The molecule has 1 aromatic carbocycles. The van der Waals surface area contributed by atoms with E-state index in [0.29, 0.717) is 18.8 Å². The third-order valence-corrected chi connectivity index (χ3v) is 4.50. The molecule has 5 nitrogen and oxygen atoms in total. The van der Waals surface area contributed by atoms with Crippen LogP contribution in [0.4, 0.5) is 5.69 Å². The molecular weight excluding hydrogens is 288 g/mol. The molecule has 0 unspecified atom stereocenters. The summed E-state index contributed by atoms with van der Waals surface area (Å²) in [7, 11) is 0. The van der Waals surface area contributed by atoms with Crippen molar-refractivity contribution in [2.24, 2.45) is 0 Å². The monoisotopic (exact) mass is 310 g/mol. The van der Waals surface area contributed by atoms with Crippen LogP contribution in [0, 0.1) is 20.8 Å². The minimum absolute atomic E-state index is 0.0295. The number of anilines is 1. The largest absolute Gasteiger partial charge is 0.368 e. The van der Waals surface area contributed by atoms with Gasteiger partial charge in [-0.1, -0.05) is 12.1 Å². The van der Waals surface area contributed by atoms with Gasteiger partial charge < -0.3 is 9.80 Å². The van der Waals surface area contributed by atoms with E-state index in [0.717, 1.165) is 18.8 Å². The number of carbonyl (C=O) groups is 1. The molecule has 1 aliphatic heterocycles. The lowest BCUT2D eigenvalue weighted by atomic mass is 10.1. The number of hydrogen-bond donors (Lipinski definition) is 0. The van der Waals surface area contributed by atoms with Gasteiger partial charge in [0.2, 0.25) is 0 Å². The Morgan fingerprint density at radius 3 is 2.35 bits per heavy atom. The summed E-state index contributed by atoms with van der Waals surface area (Å²) in [4.78, 5) is 16.7. The van der Waals surface area contributed by atoms with Crippen LogP contribution in [0.15, 0.2) is 30.3 Å². The van der Waals surface area contributed by atoms with Crippen molar-refractivity contribution in [1.82, 2.24) is 15.1 Å². The summed E-state index contributed by atoms with van der Waals surface area (Å²) in [5.41, 5.74) is 5.14. The number of amides is 1. The molecule has 0 spiro atoms. The van der Waals surface area contributed by atoms with Gasteiger partial charge in [0, 0.05) is 31.9 Å². The van der Waals surface area contributed by atoms with E-state index in [-0.39, 0.29) is 5.91 Å². The SMILES string of the molecule is Cc1ccc(C(=O)N2CCN(c3cccc(C)c3C)CC2)nn1. The maximum Gasteiger partial charge on any atom is 0.274 e. The van der Waals surface area contributed by atoms with Crippen molar-refractivity contribution < 1.29 is 4.79 Å². The van der Waals surface area contributed by atoms with Crippen LogP contribution in [0.5, 0.6) is 0 Å². The lowest BCUT2D eigenvalue weighted by Gasteiger charge is -2.36. The van der Waals surface area contributed by atoms with Crippen molar-refractivity contribution >= 4 is 11.6 Å². The molecule has 0 radical (unpaired) electrons. The number of aromatic nitrogens is 2. The number of nitrogens with zero attached hydrogens (tertiary/aromatic N) is 4. The summed E-state index contributed by atoms with van der Waals surface area (Å²) in [6, 6.07) is 9.96. The number of rotatable bonds is 2. The predicted molar refractivity (Wildman–Crippen MR) is 90.8 cm³/mol. The molecule has 120 valence electrons. The maximum absolute atomic E-state index is 12.5. The van der Waals surface area contributed by atoms with E-state index in [1.54, 1.807) is 6.07 Å². The molecule has 5 heteroatoms. The van der Waals surface area contributed by atoms with Crippen LogP contribution in [-0.4, -0.2) is 47.2 Å². The zero-order valence-corrected chi connectivity index (χ0v) is 13.9. The molecule has 2 aromatic rings. The maximum atomic E-state index is 12.5. The van der Waals surface area contributed by atoms with E-state index < -0.39 is 0 Å². The topological polar surface area (TPSA) is 49.3 Å². The van der Waals surface area contributed by atoms with E-state index in [4.69, 9.17) is 0 Å². The van der Waals surface area contributed by atoms with Crippen molar-refractivity contribution in [2.45, 2.75) is 20.8 Å². The van der Waals surface area contributed by atoms with Crippen molar-refractivity contribution in [3.8, 4) is 0 Å². The highest BCUT2D eigenvalue weighted by Crippen LogP contribution is 2.24. The number of benzene rings is 1. The Hall–Kier alpha value is -2.43. The van der Waals surface area contributed by atoms with Crippen molar-refractivity contribution in [1.29, 1.82) is 0 Å². The Morgan fingerprint density at radius 1 is 0.957 bits per heavy atom. The normalized spacial score (nSPS) is 14.9. The van der Waals surface area contributed by atoms with Gasteiger partial charge in [0.1, 0.15) is 0 Å². The average Bonchev–Trinajstić information content (AvgIpc) is 2.58. The Kier molecular flexibility index (Phi) is 4.28. The molecule has 0 bridgehead atoms. The Balaban J connectivity index is 1.67. The number of piperazine rings is 1. The Labute approximate surface area is 136 Å². The van der Waals surface area contributed by atoms with Gasteiger partial charge in [-0.05, 0) is 50.1 Å². The summed E-state index contributed by atoms with van der Waals surface area (Å²) >= 11 is 0. The molecule has 0 aliphatic carbocycles. The Morgan fingerprint density at radius 2 is 1.70 bits per heavy atom. The molecule has 3 rings (SSSR count). The summed E-state index contributed by atoms with van der Waals surface area (Å²) in [5, 5.41) is 7.97. The second kappa shape index (κ2) is 6.36. The molecule has 1 aromatic heterocycles. The van der Waals surface area contributed by atoms with Gasteiger partial charge in [0.25, 0.3) is 5.91 Å².